The number of aliphatic hydroxyl groups excluding tert-OH is 3. The van der Waals surface area contributed by atoms with Gasteiger partial charge in [-0.2, -0.15) is 0 Å². The second-order valence-corrected chi connectivity index (χ2v) is 8.67. The molecule has 2 bridgehead atoms. The summed E-state index contributed by atoms with van der Waals surface area (Å²) in [6, 6.07) is 0. The summed E-state index contributed by atoms with van der Waals surface area (Å²) >= 11 is 0. The van der Waals surface area contributed by atoms with E-state index in [4.69, 9.17) is 0 Å². The Kier molecular flexibility index (Phi) is 3.53. The minimum atomic E-state index is -1.16. The Bertz CT molecular complexity index is 568. The van der Waals surface area contributed by atoms with E-state index in [1.54, 1.807) is 0 Å². The van der Waals surface area contributed by atoms with E-state index in [2.05, 4.69) is 0 Å². The minimum absolute atomic E-state index is 0.143. The van der Waals surface area contributed by atoms with Crippen molar-refractivity contribution in [3.8, 4) is 0 Å². The number of Topliss-reactive ketones (excluding diaryl/α,β-unsaturated/α-hetero) is 1. The normalized spacial score (nSPS) is 52.9. The van der Waals surface area contributed by atoms with Crippen LogP contribution in [0, 0.1) is 29.1 Å². The highest BCUT2D eigenvalue weighted by molar-refractivity contribution is 5.92. The second kappa shape index (κ2) is 5.14. The molecule has 8 atom stereocenters. The maximum absolute atomic E-state index is 13.2. The summed E-state index contributed by atoms with van der Waals surface area (Å²) in [7, 11) is 0. The Hall–Kier alpha value is -0.710. The van der Waals surface area contributed by atoms with Crippen molar-refractivity contribution in [1.82, 2.24) is 0 Å². The maximum Gasteiger partial charge on any atom is 0.174 e. The Morgan fingerprint density at radius 1 is 1.09 bits per heavy atom. The van der Waals surface area contributed by atoms with E-state index in [0.29, 0.717) is 29.7 Å². The predicted octanol–water partition coefficient (Wildman–Crippen LogP) is 1.82. The van der Waals surface area contributed by atoms with Gasteiger partial charge < -0.3 is 15.3 Å². The van der Waals surface area contributed by atoms with Crippen molar-refractivity contribution in [2.75, 3.05) is 0 Å². The molecule has 0 aromatic carbocycles. The number of rotatable bonds is 0. The molecule has 4 heteroatoms. The van der Waals surface area contributed by atoms with Crippen molar-refractivity contribution in [2.24, 2.45) is 29.1 Å². The smallest absolute Gasteiger partial charge is 0.174 e. The van der Waals surface area contributed by atoms with E-state index in [1.807, 2.05) is 13.8 Å². The van der Waals surface area contributed by atoms with Crippen LogP contribution in [-0.2, 0) is 4.79 Å². The van der Waals surface area contributed by atoms with Crippen molar-refractivity contribution in [1.29, 1.82) is 0 Å². The van der Waals surface area contributed by atoms with Gasteiger partial charge in [-0.25, -0.2) is 0 Å². The molecule has 0 aromatic rings. The molecule has 6 unspecified atom stereocenters. The van der Waals surface area contributed by atoms with Gasteiger partial charge >= 0.3 is 0 Å². The molecule has 0 amide bonds. The van der Waals surface area contributed by atoms with Crippen LogP contribution in [0.1, 0.15) is 52.4 Å². The van der Waals surface area contributed by atoms with Gasteiger partial charge in [0.25, 0.3) is 0 Å². The van der Waals surface area contributed by atoms with E-state index in [-0.39, 0.29) is 11.7 Å². The fraction of sp³-hybridized carbons (Fsp3) is 0.842. The van der Waals surface area contributed by atoms with Gasteiger partial charge in [0.2, 0.25) is 0 Å². The van der Waals surface area contributed by atoms with Crippen molar-refractivity contribution >= 4 is 5.78 Å². The first kappa shape index (κ1) is 15.8. The molecule has 128 valence electrons. The maximum atomic E-state index is 13.2. The Balaban J connectivity index is 1.79. The van der Waals surface area contributed by atoms with Gasteiger partial charge in [-0.05, 0) is 87.2 Å². The van der Waals surface area contributed by atoms with Gasteiger partial charge in [-0.3, -0.25) is 4.79 Å². The van der Waals surface area contributed by atoms with Crippen LogP contribution in [0.5, 0.6) is 0 Å². The van der Waals surface area contributed by atoms with E-state index >= 15 is 0 Å². The predicted molar refractivity (Wildman–Crippen MR) is 85.5 cm³/mol. The number of carbonyl (C=O) groups is 1. The van der Waals surface area contributed by atoms with Gasteiger partial charge in [0.1, 0.15) is 6.10 Å². The molecule has 0 aromatic heterocycles. The van der Waals surface area contributed by atoms with Gasteiger partial charge in [0.05, 0.1) is 17.6 Å². The molecule has 3 N–H and O–H groups in total. The van der Waals surface area contributed by atoms with Crippen molar-refractivity contribution in [3.63, 3.8) is 0 Å². The van der Waals surface area contributed by atoms with E-state index in [1.165, 1.54) is 0 Å². The van der Waals surface area contributed by atoms with Gasteiger partial charge in [-0.15, -0.1) is 0 Å². The Labute approximate surface area is 137 Å². The number of carbonyl (C=O) groups excluding carboxylic acids is 1. The van der Waals surface area contributed by atoms with Gasteiger partial charge in [0, 0.05) is 0 Å². The van der Waals surface area contributed by atoms with Crippen LogP contribution >= 0.6 is 0 Å². The van der Waals surface area contributed by atoms with Crippen molar-refractivity contribution < 1.29 is 20.1 Å². The third-order valence-corrected chi connectivity index (χ3v) is 7.75. The third-order valence-electron chi connectivity index (χ3n) is 7.75. The molecular formula is C19H28O4. The highest BCUT2D eigenvalue weighted by Crippen LogP contribution is 2.59. The van der Waals surface area contributed by atoms with Crippen LogP contribution in [0.2, 0.25) is 0 Å². The number of hydrogen-bond donors (Lipinski definition) is 3. The minimum Gasteiger partial charge on any atom is -0.392 e. The second-order valence-electron chi connectivity index (χ2n) is 8.67. The molecule has 4 rings (SSSR count). The highest BCUT2D eigenvalue weighted by atomic mass is 16.3. The van der Waals surface area contributed by atoms with Gasteiger partial charge in [0.15, 0.2) is 5.78 Å². The van der Waals surface area contributed by atoms with Crippen LogP contribution in [0.15, 0.2) is 11.1 Å². The fourth-order valence-electron chi connectivity index (χ4n) is 5.99. The standard InChI is InChI=1S/C19H28O4/c1-9-13-5-10(7-15(9)20)6-14-12-4-3-11(12)8-16(21)19(14,2)18(23)17(13)22/h10-12,14-17,20-22H,3-8H2,1-2H3/t10?,11-,12?,14?,15?,16?,17?,19-/m0/s1. The lowest BCUT2D eigenvalue weighted by atomic mass is 9.46. The third kappa shape index (κ3) is 2.04. The summed E-state index contributed by atoms with van der Waals surface area (Å²) in [6.07, 6.45) is 2.96. The molecule has 4 nitrogen and oxygen atoms in total. The van der Waals surface area contributed by atoms with Crippen LogP contribution in [0.4, 0.5) is 0 Å². The molecule has 23 heavy (non-hydrogen) atoms. The first-order chi connectivity index (χ1) is 10.8. The average Bonchev–Trinajstić information content (AvgIpc) is 2.49. The number of fused-ring (bicyclic) bond motifs is 5. The summed E-state index contributed by atoms with van der Waals surface area (Å²) in [5, 5.41) is 31.8. The lowest BCUT2D eigenvalue weighted by Gasteiger charge is -2.58. The molecule has 3 saturated carbocycles. The fourth-order valence-corrected chi connectivity index (χ4v) is 5.99. The summed E-state index contributed by atoms with van der Waals surface area (Å²) in [5.41, 5.74) is 0.630. The zero-order chi connectivity index (χ0) is 16.5. The molecule has 3 fully saturated rings. The van der Waals surface area contributed by atoms with E-state index in [9.17, 15) is 20.1 Å². The number of aliphatic hydroxyl groups is 3. The molecule has 0 aliphatic heterocycles. The molecule has 4 aliphatic carbocycles. The monoisotopic (exact) mass is 320 g/mol. The quantitative estimate of drug-likeness (QED) is 0.595. The molecule has 4 aliphatic rings. The zero-order valence-electron chi connectivity index (χ0n) is 14.0. The Morgan fingerprint density at radius 2 is 1.83 bits per heavy atom. The molecule has 0 radical (unpaired) electrons. The van der Waals surface area contributed by atoms with Crippen LogP contribution in [0.25, 0.3) is 0 Å². The van der Waals surface area contributed by atoms with Crippen molar-refractivity contribution in [3.05, 3.63) is 11.1 Å². The first-order valence-corrected chi connectivity index (χ1v) is 9.12. The lowest BCUT2D eigenvalue weighted by molar-refractivity contribution is -0.173. The highest BCUT2D eigenvalue weighted by Gasteiger charge is 2.60. The molecule has 0 heterocycles. The number of hydrogen-bond acceptors (Lipinski definition) is 4. The SMILES string of the molecule is CC1=C2CC(CC1O)CC1C3CC[C@H]3CC(O)[C@@]1(C)C(=O)C2O. The van der Waals surface area contributed by atoms with Gasteiger partial charge in [-0.1, -0.05) is 0 Å². The summed E-state index contributed by atoms with van der Waals surface area (Å²) in [4.78, 5) is 13.2. The van der Waals surface area contributed by atoms with Crippen molar-refractivity contribution in [2.45, 2.75) is 70.7 Å². The van der Waals surface area contributed by atoms with Crippen LogP contribution in [-0.4, -0.2) is 39.4 Å². The number of ketones is 1. The largest absolute Gasteiger partial charge is 0.392 e. The summed E-state index contributed by atoms with van der Waals surface area (Å²) in [5.74, 6) is 1.27. The molecular weight excluding hydrogens is 292 g/mol. The summed E-state index contributed by atoms with van der Waals surface area (Å²) in [6.45, 7) is 3.71. The Morgan fingerprint density at radius 3 is 2.48 bits per heavy atom. The summed E-state index contributed by atoms with van der Waals surface area (Å²) < 4.78 is 0. The van der Waals surface area contributed by atoms with E-state index in [0.717, 1.165) is 37.7 Å². The molecule has 0 saturated heterocycles. The molecule has 0 spiro atoms. The topological polar surface area (TPSA) is 77.8 Å². The zero-order valence-corrected chi connectivity index (χ0v) is 14.0. The van der Waals surface area contributed by atoms with Crippen LogP contribution < -0.4 is 0 Å². The van der Waals surface area contributed by atoms with Crippen LogP contribution in [0.3, 0.4) is 0 Å². The lowest BCUT2D eigenvalue weighted by Crippen LogP contribution is -2.61. The first-order valence-electron chi connectivity index (χ1n) is 9.12. The average molecular weight is 320 g/mol. The van der Waals surface area contributed by atoms with E-state index < -0.39 is 23.7 Å².